The van der Waals surface area contributed by atoms with Crippen LogP contribution in [-0.4, -0.2) is 36.4 Å². The first-order valence-corrected chi connectivity index (χ1v) is 9.38. The van der Waals surface area contributed by atoms with E-state index in [1.807, 2.05) is 0 Å². The Morgan fingerprint density at radius 3 is 2.10 bits per heavy atom. The van der Waals surface area contributed by atoms with Gasteiger partial charge in [-0.25, -0.2) is 4.79 Å². The minimum absolute atomic E-state index is 0.0326. The van der Waals surface area contributed by atoms with Crippen molar-refractivity contribution in [2.45, 2.75) is 6.92 Å². The Morgan fingerprint density at radius 1 is 0.867 bits per heavy atom. The zero-order chi connectivity index (χ0) is 21.4. The van der Waals surface area contributed by atoms with E-state index in [1.165, 1.54) is 7.11 Å². The predicted octanol–water partition coefficient (Wildman–Crippen LogP) is 4.02. The number of esters is 1. The van der Waals surface area contributed by atoms with Gasteiger partial charge in [0.2, 0.25) is 0 Å². The van der Waals surface area contributed by atoms with Crippen LogP contribution in [0.5, 0.6) is 11.5 Å². The van der Waals surface area contributed by atoms with Gasteiger partial charge >= 0.3 is 5.97 Å². The number of benzene rings is 3. The largest absolute Gasteiger partial charge is 0.507 e. The van der Waals surface area contributed by atoms with E-state index >= 15 is 0 Å². The van der Waals surface area contributed by atoms with Crippen LogP contribution in [0.3, 0.4) is 0 Å². The first-order valence-electron chi connectivity index (χ1n) is 9.38. The van der Waals surface area contributed by atoms with Gasteiger partial charge in [0, 0.05) is 33.4 Å². The van der Waals surface area contributed by atoms with Crippen LogP contribution in [0.15, 0.2) is 54.6 Å². The number of methoxy groups -OCH3 is 1. The van der Waals surface area contributed by atoms with Crippen LogP contribution >= 0.6 is 0 Å². The molecule has 0 unspecified atom stereocenters. The summed E-state index contributed by atoms with van der Waals surface area (Å²) in [6.07, 6.45) is 0. The fourth-order valence-corrected chi connectivity index (χ4v) is 3.77. The molecule has 150 valence electrons. The van der Waals surface area contributed by atoms with Crippen LogP contribution in [0.25, 0.3) is 11.1 Å². The number of ether oxygens (including phenoxy) is 2. The molecule has 0 aromatic heterocycles. The number of carbonyl (C=O) groups excluding carboxylic acids is 3. The van der Waals surface area contributed by atoms with Crippen molar-refractivity contribution in [3.05, 3.63) is 82.4 Å². The zero-order valence-electron chi connectivity index (χ0n) is 16.4. The van der Waals surface area contributed by atoms with Crippen LogP contribution in [0, 0.1) is 0 Å². The van der Waals surface area contributed by atoms with Gasteiger partial charge in [-0.2, -0.15) is 0 Å². The molecule has 1 aliphatic carbocycles. The third kappa shape index (κ3) is 2.85. The summed E-state index contributed by atoms with van der Waals surface area (Å²) in [4.78, 5) is 39.4. The molecule has 1 aliphatic rings. The minimum atomic E-state index is -0.794. The van der Waals surface area contributed by atoms with Gasteiger partial charge in [-0.3, -0.25) is 9.59 Å². The second kappa shape index (κ2) is 7.48. The number of phenolic OH excluding ortho intramolecular Hbond substituents is 1. The Bertz CT molecular complexity index is 1210. The number of para-hydroxylation sites is 1. The maximum Gasteiger partial charge on any atom is 0.342 e. The number of rotatable bonds is 4. The molecule has 6 heteroatoms. The van der Waals surface area contributed by atoms with E-state index in [0.717, 1.165) is 6.07 Å². The molecule has 0 radical (unpaired) electrons. The molecule has 30 heavy (non-hydrogen) atoms. The van der Waals surface area contributed by atoms with Gasteiger partial charge < -0.3 is 14.6 Å². The van der Waals surface area contributed by atoms with Crippen molar-refractivity contribution in [3.63, 3.8) is 0 Å². The molecule has 0 bridgehead atoms. The Morgan fingerprint density at radius 2 is 1.47 bits per heavy atom. The third-order valence-electron chi connectivity index (χ3n) is 5.05. The first kappa shape index (κ1) is 19.4. The summed E-state index contributed by atoms with van der Waals surface area (Å²) >= 11 is 0. The number of hydrogen-bond donors (Lipinski definition) is 1. The monoisotopic (exact) mass is 402 g/mol. The Kier molecular flexibility index (Phi) is 4.83. The highest BCUT2D eigenvalue weighted by Crippen LogP contribution is 2.43. The average Bonchev–Trinajstić information content (AvgIpc) is 2.76. The molecule has 0 aliphatic heterocycles. The van der Waals surface area contributed by atoms with Crippen LogP contribution in [0.1, 0.15) is 49.1 Å². The second-order valence-electron chi connectivity index (χ2n) is 6.69. The van der Waals surface area contributed by atoms with Gasteiger partial charge in [0.15, 0.2) is 11.6 Å². The lowest BCUT2D eigenvalue weighted by molar-refractivity contribution is 0.0523. The third-order valence-corrected chi connectivity index (χ3v) is 5.05. The van der Waals surface area contributed by atoms with Crippen molar-refractivity contribution in [2.75, 3.05) is 13.7 Å². The van der Waals surface area contributed by atoms with Crippen molar-refractivity contribution in [1.29, 1.82) is 0 Å². The molecule has 6 nitrogen and oxygen atoms in total. The van der Waals surface area contributed by atoms with Gasteiger partial charge in [-0.05, 0) is 19.1 Å². The molecule has 3 aromatic rings. The van der Waals surface area contributed by atoms with Gasteiger partial charge in [-0.1, -0.05) is 42.5 Å². The molecule has 0 atom stereocenters. The normalized spacial score (nSPS) is 12.2. The van der Waals surface area contributed by atoms with E-state index in [1.54, 1.807) is 55.5 Å². The number of phenols is 1. The fourth-order valence-electron chi connectivity index (χ4n) is 3.77. The molecule has 1 N–H and O–H groups in total. The molecular formula is C24H18O6. The van der Waals surface area contributed by atoms with E-state index in [2.05, 4.69) is 0 Å². The highest BCUT2D eigenvalue weighted by atomic mass is 16.5. The highest BCUT2D eigenvalue weighted by Gasteiger charge is 2.36. The Labute approximate surface area is 172 Å². The van der Waals surface area contributed by atoms with Crippen molar-refractivity contribution in [3.8, 4) is 22.6 Å². The van der Waals surface area contributed by atoms with Crippen LogP contribution < -0.4 is 4.74 Å². The van der Waals surface area contributed by atoms with E-state index in [0.29, 0.717) is 11.3 Å². The van der Waals surface area contributed by atoms with E-state index in [-0.39, 0.29) is 40.0 Å². The first-order chi connectivity index (χ1) is 14.5. The molecular weight excluding hydrogens is 384 g/mol. The lowest BCUT2D eigenvalue weighted by Gasteiger charge is -2.23. The van der Waals surface area contributed by atoms with Gasteiger partial charge in [0.25, 0.3) is 0 Å². The van der Waals surface area contributed by atoms with Crippen molar-refractivity contribution >= 4 is 17.5 Å². The molecule has 0 saturated carbocycles. The molecule has 3 aromatic carbocycles. The Hall–Kier alpha value is -3.93. The van der Waals surface area contributed by atoms with Crippen molar-refractivity contribution < 1.29 is 29.0 Å². The standard InChI is InChI=1S/C24H18O6/c1-3-30-24(28)21-17(25)12-16-20(19(21)15-10-6-7-11-18(15)29-2)23(27)14-9-5-4-8-13(14)22(16)26/h4-12,25H,3H2,1-2H3. The number of carbonyl (C=O) groups is 3. The molecule has 0 fully saturated rings. The van der Waals surface area contributed by atoms with E-state index in [4.69, 9.17) is 9.47 Å². The molecule has 0 amide bonds. The maximum absolute atomic E-state index is 13.5. The van der Waals surface area contributed by atoms with Gasteiger partial charge in [0.1, 0.15) is 17.1 Å². The second-order valence-corrected chi connectivity index (χ2v) is 6.69. The Balaban J connectivity index is 2.14. The molecule has 4 rings (SSSR count). The van der Waals surface area contributed by atoms with Gasteiger partial charge in [0.05, 0.1) is 13.7 Å². The summed E-state index contributed by atoms with van der Waals surface area (Å²) < 4.78 is 10.6. The SMILES string of the molecule is CCOC(=O)c1c(O)cc2c(c1-c1ccccc1OC)C(=O)c1ccccc1C2=O. The van der Waals surface area contributed by atoms with E-state index in [9.17, 15) is 19.5 Å². The molecule has 0 heterocycles. The quantitative estimate of drug-likeness (QED) is 0.519. The van der Waals surface area contributed by atoms with Crippen LogP contribution in [0.2, 0.25) is 0 Å². The molecule has 0 spiro atoms. The van der Waals surface area contributed by atoms with Crippen molar-refractivity contribution in [2.24, 2.45) is 0 Å². The maximum atomic E-state index is 13.5. The average molecular weight is 402 g/mol. The summed E-state index contributed by atoms with van der Waals surface area (Å²) in [6, 6.07) is 14.4. The van der Waals surface area contributed by atoms with E-state index < -0.39 is 23.3 Å². The van der Waals surface area contributed by atoms with Crippen molar-refractivity contribution in [1.82, 2.24) is 0 Å². The summed E-state index contributed by atoms with van der Waals surface area (Å²) in [5.41, 5.74) is 0.912. The summed E-state index contributed by atoms with van der Waals surface area (Å²) in [5, 5.41) is 10.7. The summed E-state index contributed by atoms with van der Waals surface area (Å²) in [7, 11) is 1.46. The topological polar surface area (TPSA) is 89.9 Å². The number of aromatic hydroxyl groups is 1. The lowest BCUT2D eigenvalue weighted by Crippen LogP contribution is -2.23. The van der Waals surface area contributed by atoms with Crippen LogP contribution in [0.4, 0.5) is 0 Å². The lowest BCUT2D eigenvalue weighted by atomic mass is 9.78. The molecule has 0 saturated heterocycles. The van der Waals surface area contributed by atoms with Gasteiger partial charge in [-0.15, -0.1) is 0 Å². The number of hydrogen-bond acceptors (Lipinski definition) is 6. The summed E-state index contributed by atoms with van der Waals surface area (Å²) in [6.45, 7) is 1.72. The number of fused-ring (bicyclic) bond motifs is 2. The predicted molar refractivity (Wildman–Crippen MR) is 109 cm³/mol. The van der Waals surface area contributed by atoms with Crippen LogP contribution in [-0.2, 0) is 4.74 Å². The zero-order valence-corrected chi connectivity index (χ0v) is 16.4. The fraction of sp³-hybridized carbons (Fsp3) is 0.125. The minimum Gasteiger partial charge on any atom is -0.507 e. The highest BCUT2D eigenvalue weighted by molar-refractivity contribution is 6.31. The summed E-state index contributed by atoms with van der Waals surface area (Å²) in [5.74, 6) is -1.66. The number of ketones is 2. The smallest absolute Gasteiger partial charge is 0.342 e.